The molecule has 3 heteroatoms. The van der Waals surface area contributed by atoms with E-state index in [0.717, 1.165) is 5.16 Å². The Hall–Kier alpha value is -0.416. The Labute approximate surface area is 102 Å². The molecule has 0 aliphatic carbocycles. The van der Waals surface area contributed by atoms with Gasteiger partial charge < -0.3 is 0 Å². The summed E-state index contributed by atoms with van der Waals surface area (Å²) in [6, 6.07) is 4.39. The quantitative estimate of drug-likeness (QED) is 0.733. The van der Waals surface area contributed by atoms with E-state index >= 15 is 0 Å². The van der Waals surface area contributed by atoms with Gasteiger partial charge in [0.2, 0.25) is 0 Å². The van der Waals surface area contributed by atoms with Gasteiger partial charge in [0.05, 0.1) is 16.1 Å². The van der Waals surface area contributed by atoms with Crippen LogP contribution >= 0.6 is 0 Å². The molecule has 0 saturated heterocycles. The van der Waals surface area contributed by atoms with Crippen LogP contribution in [0.15, 0.2) is 18.3 Å². The molecular formula is C13H25NSi2. The summed E-state index contributed by atoms with van der Waals surface area (Å²) in [6.45, 7) is 17.0. The first kappa shape index (κ1) is 13.6. The number of hydrogen-bond donors (Lipinski definition) is 0. The highest BCUT2D eigenvalue weighted by Crippen LogP contribution is 2.34. The fraction of sp³-hybridized carbons (Fsp3) is 0.615. The van der Waals surface area contributed by atoms with Gasteiger partial charge in [0.15, 0.2) is 0 Å². The molecule has 90 valence electrons. The summed E-state index contributed by atoms with van der Waals surface area (Å²) >= 11 is 0. The zero-order chi connectivity index (χ0) is 12.6. The van der Waals surface area contributed by atoms with Crippen LogP contribution in [0, 0.1) is 6.92 Å². The van der Waals surface area contributed by atoms with Crippen LogP contribution in [0.25, 0.3) is 0 Å². The van der Waals surface area contributed by atoms with E-state index in [1.165, 1.54) is 11.3 Å². The number of hydrogen-bond acceptors (Lipinski definition) is 1. The molecular weight excluding hydrogens is 226 g/mol. The second-order valence-electron chi connectivity index (χ2n) is 6.92. The molecule has 1 heterocycles. The number of nitrogens with zero attached hydrogens (tertiary/aromatic N) is 1. The van der Waals surface area contributed by atoms with Gasteiger partial charge in [0, 0.05) is 11.9 Å². The van der Waals surface area contributed by atoms with Crippen molar-refractivity contribution in [2.75, 3.05) is 0 Å². The van der Waals surface area contributed by atoms with Gasteiger partial charge >= 0.3 is 0 Å². The van der Waals surface area contributed by atoms with Gasteiger partial charge in [0.1, 0.15) is 0 Å². The SMILES string of the molecule is Cc1ccnc(C([Si](C)(C)C)[Si](C)(C)C)c1. The minimum absolute atomic E-state index is 0.750. The Morgan fingerprint density at radius 3 is 1.88 bits per heavy atom. The predicted molar refractivity (Wildman–Crippen MR) is 78.4 cm³/mol. The average molecular weight is 252 g/mol. The maximum atomic E-state index is 4.64. The van der Waals surface area contributed by atoms with Crippen molar-refractivity contribution in [3.8, 4) is 0 Å². The van der Waals surface area contributed by atoms with Crippen LogP contribution in [0.1, 0.15) is 16.4 Å². The van der Waals surface area contributed by atoms with E-state index < -0.39 is 16.1 Å². The molecule has 0 spiro atoms. The van der Waals surface area contributed by atoms with E-state index in [1.54, 1.807) is 0 Å². The molecule has 0 aromatic carbocycles. The van der Waals surface area contributed by atoms with Crippen molar-refractivity contribution in [2.45, 2.75) is 51.4 Å². The zero-order valence-electron chi connectivity index (χ0n) is 11.8. The molecule has 0 unspecified atom stereocenters. The molecule has 1 rings (SSSR count). The van der Waals surface area contributed by atoms with Gasteiger partial charge in [0.25, 0.3) is 0 Å². The fourth-order valence-corrected chi connectivity index (χ4v) is 15.4. The molecule has 0 atom stereocenters. The van der Waals surface area contributed by atoms with Crippen LogP contribution in [0.4, 0.5) is 0 Å². The minimum Gasteiger partial charge on any atom is -0.262 e. The predicted octanol–water partition coefficient (Wildman–Crippen LogP) is 4.23. The van der Waals surface area contributed by atoms with Gasteiger partial charge in [-0.25, -0.2) is 0 Å². The van der Waals surface area contributed by atoms with Gasteiger partial charge in [-0.2, -0.15) is 0 Å². The number of aromatic nitrogens is 1. The number of pyridine rings is 1. The monoisotopic (exact) mass is 251 g/mol. The van der Waals surface area contributed by atoms with Crippen LogP contribution in [0.5, 0.6) is 0 Å². The Bertz CT molecular complexity index is 347. The van der Waals surface area contributed by atoms with Crippen molar-refractivity contribution in [1.82, 2.24) is 4.98 Å². The lowest BCUT2D eigenvalue weighted by Crippen LogP contribution is -2.46. The third-order valence-electron chi connectivity index (χ3n) is 2.96. The molecule has 0 radical (unpaired) electrons. The third kappa shape index (κ3) is 3.29. The molecule has 1 aromatic heterocycles. The standard InChI is InChI=1S/C13H25NSi2/c1-11-8-9-14-12(10-11)13(15(2,3)4)16(5,6)7/h8-10,13H,1-7H3. The van der Waals surface area contributed by atoms with Crippen LogP contribution in [0.3, 0.4) is 0 Å². The van der Waals surface area contributed by atoms with Crippen molar-refractivity contribution >= 4 is 16.1 Å². The fourth-order valence-electron chi connectivity index (χ4n) is 2.90. The lowest BCUT2D eigenvalue weighted by Gasteiger charge is -2.38. The number of rotatable bonds is 3. The van der Waals surface area contributed by atoms with E-state index in [4.69, 9.17) is 0 Å². The smallest absolute Gasteiger partial charge is 0.0513 e. The summed E-state index contributed by atoms with van der Waals surface area (Å²) in [7, 11) is -2.37. The summed E-state index contributed by atoms with van der Waals surface area (Å²) in [6.07, 6.45) is 1.97. The molecule has 0 amide bonds. The van der Waals surface area contributed by atoms with Crippen LogP contribution in [-0.2, 0) is 0 Å². The molecule has 1 nitrogen and oxygen atoms in total. The number of aryl methyl sites for hydroxylation is 1. The van der Waals surface area contributed by atoms with Crippen molar-refractivity contribution in [2.24, 2.45) is 0 Å². The highest BCUT2D eigenvalue weighted by Gasteiger charge is 2.39. The molecule has 0 saturated carbocycles. The minimum atomic E-state index is -1.19. The summed E-state index contributed by atoms with van der Waals surface area (Å²) in [5.41, 5.74) is 2.69. The first-order valence-corrected chi connectivity index (χ1v) is 13.2. The first-order valence-electron chi connectivity index (χ1n) is 6.05. The lowest BCUT2D eigenvalue weighted by atomic mass is 10.2. The van der Waals surface area contributed by atoms with Crippen molar-refractivity contribution in [1.29, 1.82) is 0 Å². The summed E-state index contributed by atoms with van der Waals surface area (Å²) in [5, 5.41) is 0.750. The Morgan fingerprint density at radius 2 is 1.50 bits per heavy atom. The van der Waals surface area contributed by atoms with E-state index in [-0.39, 0.29) is 0 Å². The Kier molecular flexibility index (Phi) is 3.80. The van der Waals surface area contributed by atoms with E-state index in [1.807, 2.05) is 6.20 Å². The molecule has 0 aliphatic heterocycles. The largest absolute Gasteiger partial charge is 0.262 e. The van der Waals surface area contributed by atoms with Gasteiger partial charge in [-0.15, -0.1) is 0 Å². The topological polar surface area (TPSA) is 12.9 Å². The first-order chi connectivity index (χ1) is 7.12. The summed E-state index contributed by atoms with van der Waals surface area (Å²) in [4.78, 5) is 4.64. The van der Waals surface area contributed by atoms with E-state index in [2.05, 4.69) is 63.3 Å². The molecule has 0 fully saturated rings. The van der Waals surface area contributed by atoms with E-state index in [9.17, 15) is 0 Å². The second-order valence-corrected chi connectivity index (χ2v) is 18.1. The summed E-state index contributed by atoms with van der Waals surface area (Å²) in [5.74, 6) is 0. The van der Waals surface area contributed by atoms with Crippen LogP contribution in [-0.4, -0.2) is 21.1 Å². The molecule has 16 heavy (non-hydrogen) atoms. The third-order valence-corrected chi connectivity index (χ3v) is 12.2. The Morgan fingerprint density at radius 1 is 1.00 bits per heavy atom. The van der Waals surface area contributed by atoms with Crippen molar-refractivity contribution in [3.63, 3.8) is 0 Å². The van der Waals surface area contributed by atoms with Crippen LogP contribution in [0.2, 0.25) is 39.3 Å². The molecule has 0 bridgehead atoms. The highest BCUT2D eigenvalue weighted by atomic mass is 28.4. The van der Waals surface area contributed by atoms with Gasteiger partial charge in [-0.3, -0.25) is 4.98 Å². The lowest BCUT2D eigenvalue weighted by molar-refractivity contribution is 1.05. The normalized spacial score (nSPS) is 13.2. The van der Waals surface area contributed by atoms with Gasteiger partial charge in [-0.05, 0) is 29.8 Å². The maximum absolute atomic E-state index is 4.64. The molecule has 0 aliphatic rings. The molecule has 1 aromatic rings. The highest BCUT2D eigenvalue weighted by molar-refractivity contribution is 6.96. The van der Waals surface area contributed by atoms with Crippen molar-refractivity contribution in [3.05, 3.63) is 29.6 Å². The van der Waals surface area contributed by atoms with Crippen molar-refractivity contribution < 1.29 is 0 Å². The average Bonchev–Trinajstić information content (AvgIpc) is 1.97. The van der Waals surface area contributed by atoms with Gasteiger partial charge in [-0.1, -0.05) is 39.3 Å². The Balaban J connectivity index is 3.23. The second kappa shape index (κ2) is 4.45. The van der Waals surface area contributed by atoms with E-state index in [0.29, 0.717) is 0 Å². The zero-order valence-corrected chi connectivity index (χ0v) is 13.8. The summed E-state index contributed by atoms with van der Waals surface area (Å²) < 4.78 is 0. The van der Waals surface area contributed by atoms with Crippen LogP contribution < -0.4 is 0 Å². The maximum Gasteiger partial charge on any atom is 0.0513 e. The molecule has 0 N–H and O–H groups in total.